The van der Waals surface area contributed by atoms with Gasteiger partial charge in [-0.05, 0) is 0 Å². The van der Waals surface area contributed by atoms with Crippen LogP contribution in [0.15, 0.2) is 15.8 Å². The molecule has 2 heterocycles. The smallest absolute Gasteiger partial charge is 0.394 e. The van der Waals surface area contributed by atoms with E-state index in [4.69, 9.17) is 9.84 Å². The van der Waals surface area contributed by atoms with E-state index in [1.165, 1.54) is 0 Å². The van der Waals surface area contributed by atoms with Gasteiger partial charge in [-0.3, -0.25) is 14.3 Å². The quantitative estimate of drug-likeness (QED) is 0.421. The molecule has 0 radical (unpaired) electrons. The highest BCUT2D eigenvalue weighted by molar-refractivity contribution is 7.87. The van der Waals surface area contributed by atoms with Crippen LogP contribution in [0.1, 0.15) is 12.6 Å². The van der Waals surface area contributed by atoms with Gasteiger partial charge in [-0.15, -0.1) is 0 Å². The number of hydrogen-bond acceptors (Lipinski definition) is 8. The SMILES string of the molecule is O=c1[nH]c(=O)n([C@@H]2C[C@@H](O)[C@H](CO)O2)cc1OS(=O)(=O)C(F)(F)F. The van der Waals surface area contributed by atoms with E-state index in [0.29, 0.717) is 10.8 Å². The van der Waals surface area contributed by atoms with Gasteiger partial charge in [-0.2, -0.15) is 21.6 Å². The maximum atomic E-state index is 12.3. The predicted molar refractivity (Wildman–Crippen MR) is 68.5 cm³/mol. The monoisotopic (exact) mass is 376 g/mol. The lowest BCUT2D eigenvalue weighted by Gasteiger charge is -2.15. The Morgan fingerprint density at radius 3 is 2.54 bits per heavy atom. The van der Waals surface area contributed by atoms with E-state index in [1.54, 1.807) is 4.98 Å². The number of aromatic amines is 1. The van der Waals surface area contributed by atoms with E-state index in [0.717, 1.165) is 0 Å². The third kappa shape index (κ3) is 3.45. The Hall–Kier alpha value is -1.90. The van der Waals surface area contributed by atoms with E-state index in [-0.39, 0.29) is 6.42 Å². The van der Waals surface area contributed by atoms with E-state index in [2.05, 4.69) is 4.18 Å². The fourth-order valence-corrected chi connectivity index (χ4v) is 2.41. The molecule has 1 aliphatic rings. The number of alkyl halides is 3. The number of halogens is 3. The van der Waals surface area contributed by atoms with Gasteiger partial charge in [0.2, 0.25) is 5.75 Å². The number of hydrogen-bond donors (Lipinski definition) is 3. The van der Waals surface area contributed by atoms with Crippen LogP contribution in [-0.2, 0) is 14.9 Å². The summed E-state index contributed by atoms with van der Waals surface area (Å²) in [5.74, 6) is -1.31. The first-order chi connectivity index (χ1) is 11.0. The zero-order valence-corrected chi connectivity index (χ0v) is 12.4. The summed E-state index contributed by atoms with van der Waals surface area (Å²) in [5, 5.41) is 18.5. The lowest BCUT2D eigenvalue weighted by atomic mass is 10.2. The Kier molecular flexibility index (Phi) is 4.76. The zero-order valence-electron chi connectivity index (χ0n) is 11.6. The molecule has 3 N–H and O–H groups in total. The number of ether oxygens (including phenoxy) is 1. The molecule has 0 spiro atoms. The van der Waals surface area contributed by atoms with Gasteiger partial charge in [0, 0.05) is 6.42 Å². The summed E-state index contributed by atoms with van der Waals surface area (Å²) in [4.78, 5) is 24.7. The largest absolute Gasteiger partial charge is 0.534 e. The molecule has 3 atom stereocenters. The Balaban J connectivity index is 2.40. The van der Waals surface area contributed by atoms with E-state index < -0.39 is 57.7 Å². The molecule has 0 amide bonds. The summed E-state index contributed by atoms with van der Waals surface area (Å²) in [6, 6.07) is 0. The molecule has 136 valence electrons. The topological polar surface area (TPSA) is 148 Å². The Morgan fingerprint density at radius 2 is 2.04 bits per heavy atom. The fourth-order valence-electron chi connectivity index (χ4n) is 1.96. The molecule has 0 aromatic carbocycles. The average Bonchev–Trinajstić information content (AvgIpc) is 2.81. The number of rotatable bonds is 4. The summed E-state index contributed by atoms with van der Waals surface area (Å²) in [6.07, 6.45) is -3.30. The molecule has 10 nitrogen and oxygen atoms in total. The Labute approximate surface area is 131 Å². The van der Waals surface area contributed by atoms with Gasteiger partial charge < -0.3 is 19.1 Å². The van der Waals surface area contributed by atoms with Crippen molar-refractivity contribution < 1.29 is 40.7 Å². The van der Waals surface area contributed by atoms with Gasteiger partial charge in [0.15, 0.2) is 0 Å². The molecular weight excluding hydrogens is 365 g/mol. The van der Waals surface area contributed by atoms with Crippen LogP contribution in [0.5, 0.6) is 5.75 Å². The van der Waals surface area contributed by atoms with Crippen molar-refractivity contribution in [3.8, 4) is 5.75 Å². The molecule has 1 fully saturated rings. The van der Waals surface area contributed by atoms with Crippen molar-refractivity contribution in [3.63, 3.8) is 0 Å². The second kappa shape index (κ2) is 6.19. The number of H-pyrrole nitrogens is 1. The third-order valence-corrected chi connectivity index (χ3v) is 4.08. The van der Waals surface area contributed by atoms with Crippen molar-refractivity contribution in [1.82, 2.24) is 9.55 Å². The minimum absolute atomic E-state index is 0.233. The van der Waals surface area contributed by atoms with Gasteiger partial charge >= 0.3 is 21.3 Å². The lowest BCUT2D eigenvalue weighted by Crippen LogP contribution is -2.35. The van der Waals surface area contributed by atoms with Crippen LogP contribution in [0.2, 0.25) is 0 Å². The molecule has 0 unspecified atom stereocenters. The fraction of sp³-hybridized carbons (Fsp3) is 0.600. The second-order valence-electron chi connectivity index (χ2n) is 4.76. The highest BCUT2D eigenvalue weighted by Crippen LogP contribution is 2.29. The second-order valence-corrected chi connectivity index (χ2v) is 6.30. The average molecular weight is 376 g/mol. The van der Waals surface area contributed by atoms with Crippen LogP contribution in [0.25, 0.3) is 0 Å². The predicted octanol–water partition coefficient (Wildman–Crippen LogP) is -1.59. The number of nitrogens with zero attached hydrogens (tertiary/aromatic N) is 1. The van der Waals surface area contributed by atoms with Crippen molar-refractivity contribution in [2.45, 2.75) is 30.4 Å². The molecule has 1 saturated heterocycles. The van der Waals surface area contributed by atoms with Crippen LogP contribution in [0, 0.1) is 0 Å². The van der Waals surface area contributed by atoms with Crippen molar-refractivity contribution in [2.24, 2.45) is 0 Å². The summed E-state index contributed by atoms with van der Waals surface area (Å²) in [5.41, 5.74) is -8.41. The Morgan fingerprint density at radius 1 is 1.42 bits per heavy atom. The van der Waals surface area contributed by atoms with Gasteiger partial charge in [0.25, 0.3) is 5.56 Å². The van der Waals surface area contributed by atoms with Crippen molar-refractivity contribution >= 4 is 10.1 Å². The molecule has 0 saturated carbocycles. The highest BCUT2D eigenvalue weighted by Gasteiger charge is 2.49. The number of aromatic nitrogens is 2. The summed E-state index contributed by atoms with van der Waals surface area (Å²) in [7, 11) is -6.12. The summed E-state index contributed by atoms with van der Waals surface area (Å²) < 4.78 is 68.1. The van der Waals surface area contributed by atoms with E-state index in [9.17, 15) is 36.3 Å². The molecule has 2 rings (SSSR count). The number of aliphatic hydroxyl groups is 2. The highest BCUT2D eigenvalue weighted by atomic mass is 32.2. The first-order valence-electron chi connectivity index (χ1n) is 6.27. The molecular formula is C10H11F3N2O8S. The molecule has 1 aliphatic heterocycles. The van der Waals surface area contributed by atoms with E-state index >= 15 is 0 Å². The summed E-state index contributed by atoms with van der Waals surface area (Å²) in [6.45, 7) is -0.596. The van der Waals surface area contributed by atoms with Crippen LogP contribution >= 0.6 is 0 Å². The molecule has 1 aromatic rings. The molecule has 0 aliphatic carbocycles. The standard InChI is InChI=1S/C10H11F3N2O8S/c11-10(12,13)24(20,21)23-5-2-15(9(19)14-8(5)18)7-1-4(17)6(3-16)22-7/h2,4,6-7,16-17H,1,3H2,(H,14,18,19)/t4-,6+,7+/m1/s1. The lowest BCUT2D eigenvalue weighted by molar-refractivity contribution is -0.0504. The van der Waals surface area contributed by atoms with Gasteiger partial charge in [0.05, 0.1) is 18.9 Å². The zero-order chi connectivity index (χ0) is 18.3. The van der Waals surface area contributed by atoms with Gasteiger partial charge in [0.1, 0.15) is 12.3 Å². The normalized spacial score (nSPS) is 25.0. The first-order valence-corrected chi connectivity index (χ1v) is 7.67. The van der Waals surface area contributed by atoms with Crippen molar-refractivity contribution in [2.75, 3.05) is 6.61 Å². The molecule has 14 heteroatoms. The van der Waals surface area contributed by atoms with Crippen LogP contribution in [-0.4, -0.2) is 52.5 Å². The third-order valence-electron chi connectivity index (χ3n) is 3.11. The van der Waals surface area contributed by atoms with Crippen LogP contribution < -0.4 is 15.4 Å². The molecule has 0 bridgehead atoms. The first kappa shape index (κ1) is 18.4. The summed E-state index contributed by atoms with van der Waals surface area (Å²) >= 11 is 0. The molecule has 24 heavy (non-hydrogen) atoms. The number of aliphatic hydroxyl groups excluding tert-OH is 2. The van der Waals surface area contributed by atoms with E-state index in [1.807, 2.05) is 0 Å². The maximum Gasteiger partial charge on any atom is 0.534 e. The van der Waals surface area contributed by atoms with Crippen LogP contribution in [0.4, 0.5) is 13.2 Å². The minimum Gasteiger partial charge on any atom is -0.394 e. The van der Waals surface area contributed by atoms with Crippen molar-refractivity contribution in [1.29, 1.82) is 0 Å². The minimum atomic E-state index is -6.12. The molecule has 1 aromatic heterocycles. The number of nitrogens with one attached hydrogen (secondary N) is 1. The maximum absolute atomic E-state index is 12.3. The van der Waals surface area contributed by atoms with Gasteiger partial charge in [-0.25, -0.2) is 4.79 Å². The van der Waals surface area contributed by atoms with Crippen molar-refractivity contribution in [3.05, 3.63) is 27.0 Å². The van der Waals surface area contributed by atoms with Gasteiger partial charge in [-0.1, -0.05) is 0 Å². The van der Waals surface area contributed by atoms with Crippen LogP contribution in [0.3, 0.4) is 0 Å². The Bertz CT molecular complexity index is 830.